The molecule has 4 rings (SSSR count). The van der Waals surface area contributed by atoms with Crippen molar-refractivity contribution in [1.82, 2.24) is 34.3 Å². The van der Waals surface area contributed by atoms with Crippen molar-refractivity contribution in [3.8, 4) is 11.5 Å². The van der Waals surface area contributed by atoms with Gasteiger partial charge in [-0.25, -0.2) is 14.5 Å². The topological polar surface area (TPSA) is 81.2 Å². The Bertz CT molecular complexity index is 1190. The quantitative estimate of drug-likeness (QED) is 0.526. The number of aromatic nitrogens is 6. The van der Waals surface area contributed by atoms with Gasteiger partial charge in [0.1, 0.15) is 11.2 Å². The Hall–Kier alpha value is -2.52. The zero-order valence-electron chi connectivity index (χ0n) is 14.9. The maximum Gasteiger partial charge on any atom is 0.263 e. The summed E-state index contributed by atoms with van der Waals surface area (Å²) in [6, 6.07) is 0. The van der Waals surface area contributed by atoms with Gasteiger partial charge in [0.05, 0.1) is 21.0 Å². The Kier molecular flexibility index (Phi) is 3.74. The summed E-state index contributed by atoms with van der Waals surface area (Å²) in [5.74, 6) is 0.380. The molecule has 0 bridgehead atoms. The largest absolute Gasteiger partial charge is 0.344 e. The normalized spacial score (nSPS) is 11.6. The molecule has 0 unspecified atom stereocenters. The van der Waals surface area contributed by atoms with Crippen LogP contribution in [0.3, 0.4) is 0 Å². The average Bonchev–Trinajstić information content (AvgIpc) is 3.24. The number of carbonyl (C=O) groups excluding carboxylic acids is 1. The van der Waals surface area contributed by atoms with Crippen LogP contribution in [0.15, 0.2) is 6.33 Å². The number of halogens is 1. The van der Waals surface area contributed by atoms with Crippen LogP contribution in [0, 0.1) is 13.8 Å². The fourth-order valence-electron chi connectivity index (χ4n) is 2.77. The van der Waals surface area contributed by atoms with Crippen molar-refractivity contribution in [2.24, 2.45) is 7.05 Å². The van der Waals surface area contributed by atoms with E-state index >= 15 is 0 Å². The molecule has 0 aliphatic carbocycles. The Morgan fingerprint density at radius 1 is 1.27 bits per heavy atom. The number of hydrogen-bond acceptors (Lipinski definition) is 6. The third-order valence-electron chi connectivity index (χ3n) is 4.34. The maximum absolute atomic E-state index is 12.4. The highest BCUT2D eigenvalue weighted by atomic mass is 35.5. The van der Waals surface area contributed by atoms with E-state index in [1.54, 1.807) is 34.5 Å². The molecule has 0 saturated heterocycles. The molecule has 134 valence electrons. The van der Waals surface area contributed by atoms with Crippen LogP contribution in [0.2, 0.25) is 5.02 Å². The molecule has 4 heterocycles. The summed E-state index contributed by atoms with van der Waals surface area (Å²) in [7, 11) is 5.29. The van der Waals surface area contributed by atoms with Gasteiger partial charge in [-0.05, 0) is 19.4 Å². The lowest BCUT2D eigenvalue weighted by atomic mass is 10.2. The summed E-state index contributed by atoms with van der Waals surface area (Å²) in [6.07, 6.45) is 1.59. The lowest BCUT2D eigenvalue weighted by Crippen LogP contribution is -2.21. The molecule has 0 aromatic carbocycles. The predicted molar refractivity (Wildman–Crippen MR) is 101 cm³/mol. The maximum atomic E-state index is 12.4. The third kappa shape index (κ3) is 2.31. The fraction of sp³-hybridized carbons (Fsp3) is 0.312. The van der Waals surface area contributed by atoms with E-state index in [4.69, 9.17) is 11.6 Å². The van der Waals surface area contributed by atoms with Gasteiger partial charge in [-0.15, -0.1) is 16.4 Å². The number of amides is 1. The monoisotopic (exact) mass is 389 g/mol. The van der Waals surface area contributed by atoms with Crippen LogP contribution < -0.4 is 0 Å². The molecule has 4 aromatic heterocycles. The predicted octanol–water partition coefficient (Wildman–Crippen LogP) is 2.71. The van der Waals surface area contributed by atoms with Crippen LogP contribution >= 0.6 is 22.9 Å². The molecular formula is C16H16ClN7OS. The van der Waals surface area contributed by atoms with Gasteiger partial charge < -0.3 is 4.90 Å². The number of carbonyl (C=O) groups is 1. The number of thiophene rings is 1. The van der Waals surface area contributed by atoms with Crippen molar-refractivity contribution in [2.45, 2.75) is 13.8 Å². The van der Waals surface area contributed by atoms with Crippen LogP contribution in [0.5, 0.6) is 0 Å². The molecule has 10 heteroatoms. The van der Waals surface area contributed by atoms with E-state index < -0.39 is 0 Å². The first-order valence-electron chi connectivity index (χ1n) is 7.85. The van der Waals surface area contributed by atoms with Crippen molar-refractivity contribution in [3.05, 3.63) is 27.5 Å². The average molecular weight is 390 g/mol. The van der Waals surface area contributed by atoms with E-state index in [9.17, 15) is 4.79 Å². The molecule has 0 N–H and O–H groups in total. The van der Waals surface area contributed by atoms with E-state index in [0.717, 1.165) is 21.5 Å². The lowest BCUT2D eigenvalue weighted by Gasteiger charge is -2.08. The van der Waals surface area contributed by atoms with E-state index in [1.807, 2.05) is 20.9 Å². The number of aryl methyl sites for hydroxylation is 2. The minimum Gasteiger partial charge on any atom is -0.344 e. The molecule has 8 nitrogen and oxygen atoms in total. The fourth-order valence-corrected chi connectivity index (χ4v) is 4.18. The standard InChI is InChI=1S/C16H16ClN7OS/c1-7-9-14-19-13(11-10(17)8(2)23(5)20-11)21-24(14)6-18-15(9)26-12(7)16(25)22(3)4/h6H,1-5H3. The molecule has 0 spiro atoms. The van der Waals surface area contributed by atoms with Crippen LogP contribution in [0.4, 0.5) is 0 Å². The Morgan fingerprint density at radius 3 is 2.62 bits per heavy atom. The van der Waals surface area contributed by atoms with E-state index in [1.165, 1.54) is 11.3 Å². The van der Waals surface area contributed by atoms with Gasteiger partial charge in [0.2, 0.25) is 5.82 Å². The molecule has 0 saturated carbocycles. The number of rotatable bonds is 2. The van der Waals surface area contributed by atoms with Gasteiger partial charge in [-0.3, -0.25) is 9.48 Å². The minimum atomic E-state index is -0.0493. The lowest BCUT2D eigenvalue weighted by molar-refractivity contribution is 0.0831. The van der Waals surface area contributed by atoms with Gasteiger partial charge in [0.15, 0.2) is 11.3 Å². The van der Waals surface area contributed by atoms with Crippen molar-refractivity contribution >= 4 is 44.7 Å². The van der Waals surface area contributed by atoms with Crippen LogP contribution in [0.25, 0.3) is 27.4 Å². The Morgan fingerprint density at radius 2 is 2.00 bits per heavy atom. The number of nitrogens with zero attached hydrogens (tertiary/aromatic N) is 7. The molecule has 0 fully saturated rings. The highest BCUT2D eigenvalue weighted by Crippen LogP contribution is 2.34. The molecule has 0 radical (unpaired) electrons. The van der Waals surface area contributed by atoms with Crippen molar-refractivity contribution in [2.75, 3.05) is 14.1 Å². The molecule has 4 aromatic rings. The van der Waals surface area contributed by atoms with Crippen LogP contribution in [-0.2, 0) is 7.05 Å². The Balaban J connectivity index is 1.97. The summed E-state index contributed by atoms with van der Waals surface area (Å²) in [4.78, 5) is 24.5. The van der Waals surface area contributed by atoms with E-state index in [0.29, 0.717) is 27.1 Å². The second-order valence-corrected chi connectivity index (χ2v) is 7.63. The second kappa shape index (κ2) is 5.75. The highest BCUT2D eigenvalue weighted by Gasteiger charge is 2.23. The first-order chi connectivity index (χ1) is 12.3. The van der Waals surface area contributed by atoms with Gasteiger partial charge in [0, 0.05) is 21.1 Å². The first kappa shape index (κ1) is 16.9. The second-order valence-electron chi connectivity index (χ2n) is 6.26. The molecule has 0 atom stereocenters. The number of hydrogen-bond donors (Lipinski definition) is 0. The van der Waals surface area contributed by atoms with Crippen molar-refractivity contribution in [1.29, 1.82) is 0 Å². The van der Waals surface area contributed by atoms with Crippen molar-refractivity contribution in [3.63, 3.8) is 0 Å². The van der Waals surface area contributed by atoms with Gasteiger partial charge in [-0.1, -0.05) is 11.6 Å². The van der Waals surface area contributed by atoms with Gasteiger partial charge >= 0.3 is 0 Å². The SMILES string of the molecule is Cc1c(C(=O)N(C)C)sc2ncn3nc(-c4nn(C)c(C)c4Cl)nc3c12. The molecule has 26 heavy (non-hydrogen) atoms. The summed E-state index contributed by atoms with van der Waals surface area (Å²) in [6.45, 7) is 3.79. The third-order valence-corrected chi connectivity index (χ3v) is 5.98. The highest BCUT2D eigenvalue weighted by molar-refractivity contribution is 7.20. The zero-order chi connectivity index (χ0) is 18.7. The molecular weight excluding hydrogens is 374 g/mol. The molecule has 1 amide bonds. The molecule has 0 aliphatic heterocycles. The minimum absolute atomic E-state index is 0.0493. The smallest absolute Gasteiger partial charge is 0.263 e. The summed E-state index contributed by atoms with van der Waals surface area (Å²) < 4.78 is 3.29. The van der Waals surface area contributed by atoms with Gasteiger partial charge in [0.25, 0.3) is 5.91 Å². The zero-order valence-corrected chi connectivity index (χ0v) is 16.5. The van der Waals surface area contributed by atoms with Crippen molar-refractivity contribution < 1.29 is 4.79 Å². The summed E-state index contributed by atoms with van der Waals surface area (Å²) in [5.41, 5.74) is 2.86. The van der Waals surface area contributed by atoms with E-state index in [-0.39, 0.29) is 5.91 Å². The summed E-state index contributed by atoms with van der Waals surface area (Å²) >= 11 is 7.73. The van der Waals surface area contributed by atoms with Crippen LogP contribution in [-0.4, -0.2) is 54.3 Å². The van der Waals surface area contributed by atoms with E-state index in [2.05, 4.69) is 20.2 Å². The van der Waals surface area contributed by atoms with Gasteiger partial charge in [-0.2, -0.15) is 5.10 Å². The number of fused-ring (bicyclic) bond motifs is 3. The first-order valence-corrected chi connectivity index (χ1v) is 9.04. The molecule has 0 aliphatic rings. The van der Waals surface area contributed by atoms with Crippen LogP contribution in [0.1, 0.15) is 20.9 Å². The Labute approximate surface area is 158 Å². The summed E-state index contributed by atoms with van der Waals surface area (Å²) in [5, 5.41) is 10.2.